The molecule has 0 aromatic heterocycles. The maximum Gasteiger partial charge on any atom is 0.320 e. The molecule has 5 heteroatoms. The number of hydrogen-bond donors (Lipinski definition) is 1. The van der Waals surface area contributed by atoms with Crippen molar-refractivity contribution in [1.82, 2.24) is 4.90 Å². The molecule has 0 saturated carbocycles. The summed E-state index contributed by atoms with van der Waals surface area (Å²) in [7, 11) is 0. The maximum absolute atomic E-state index is 12.2. The molecular weight excluding hydrogens is 342 g/mol. The van der Waals surface area contributed by atoms with Crippen molar-refractivity contribution < 1.29 is 19.4 Å². The zero-order valence-corrected chi connectivity index (χ0v) is 16.3. The molecule has 1 atom stereocenters. The van der Waals surface area contributed by atoms with Crippen molar-refractivity contribution in [1.29, 1.82) is 0 Å². The van der Waals surface area contributed by atoms with Crippen LogP contribution < -0.4 is 4.74 Å². The smallest absolute Gasteiger partial charge is 0.320 e. The largest absolute Gasteiger partial charge is 0.491 e. The summed E-state index contributed by atoms with van der Waals surface area (Å²) in [5.74, 6) is 0.396. The van der Waals surface area contributed by atoms with E-state index in [-0.39, 0.29) is 19.1 Å². The first-order valence-electron chi connectivity index (χ1n) is 9.16. The van der Waals surface area contributed by atoms with Crippen molar-refractivity contribution in [3.8, 4) is 5.75 Å². The Bertz CT molecular complexity index is 682. The third kappa shape index (κ3) is 8.71. The van der Waals surface area contributed by atoms with Gasteiger partial charge in [0.05, 0.1) is 6.54 Å². The average molecular weight is 371 g/mol. The number of nitrogens with zero attached hydrogens (tertiary/aromatic N) is 1. The molecule has 2 rings (SSSR count). The van der Waals surface area contributed by atoms with Crippen LogP contribution in [0, 0.1) is 0 Å². The fourth-order valence-electron chi connectivity index (χ4n) is 2.64. The number of rotatable bonds is 9. The lowest BCUT2D eigenvalue weighted by Gasteiger charge is -2.26. The van der Waals surface area contributed by atoms with E-state index in [9.17, 15) is 9.90 Å². The molecule has 1 unspecified atom stereocenters. The van der Waals surface area contributed by atoms with E-state index in [4.69, 9.17) is 9.47 Å². The second-order valence-corrected chi connectivity index (χ2v) is 7.52. The summed E-state index contributed by atoms with van der Waals surface area (Å²) in [4.78, 5) is 14.1. The van der Waals surface area contributed by atoms with Gasteiger partial charge in [-0.2, -0.15) is 0 Å². The Hall–Kier alpha value is -2.37. The van der Waals surface area contributed by atoms with Crippen LogP contribution in [0.15, 0.2) is 60.7 Å². The number of hydrogen-bond acceptors (Lipinski definition) is 5. The van der Waals surface area contributed by atoms with Gasteiger partial charge in [0.2, 0.25) is 0 Å². The van der Waals surface area contributed by atoms with Gasteiger partial charge in [-0.25, -0.2) is 0 Å². The normalized spacial score (nSPS) is 12.6. The van der Waals surface area contributed by atoms with Crippen molar-refractivity contribution in [3.63, 3.8) is 0 Å². The van der Waals surface area contributed by atoms with Gasteiger partial charge in [0.1, 0.15) is 24.1 Å². The molecule has 0 amide bonds. The van der Waals surface area contributed by atoms with Gasteiger partial charge in [-0.15, -0.1) is 0 Å². The topological polar surface area (TPSA) is 59.0 Å². The van der Waals surface area contributed by atoms with Gasteiger partial charge in [0.15, 0.2) is 0 Å². The molecule has 27 heavy (non-hydrogen) atoms. The number of carbonyl (C=O) groups excluding carboxylic acids is 1. The summed E-state index contributed by atoms with van der Waals surface area (Å²) in [6.45, 7) is 6.64. The molecule has 0 aliphatic rings. The van der Waals surface area contributed by atoms with Crippen LogP contribution in [0.1, 0.15) is 26.3 Å². The van der Waals surface area contributed by atoms with Crippen LogP contribution in [0.5, 0.6) is 5.75 Å². The molecule has 0 aliphatic heterocycles. The fraction of sp³-hybridized carbons (Fsp3) is 0.409. The van der Waals surface area contributed by atoms with Crippen LogP contribution in [0.3, 0.4) is 0 Å². The molecule has 1 N–H and O–H groups in total. The molecule has 2 aromatic carbocycles. The van der Waals surface area contributed by atoms with Crippen LogP contribution in [-0.2, 0) is 16.1 Å². The highest BCUT2D eigenvalue weighted by Crippen LogP contribution is 2.12. The van der Waals surface area contributed by atoms with Crippen LogP contribution in [-0.4, -0.2) is 47.4 Å². The summed E-state index contributed by atoms with van der Waals surface area (Å²) >= 11 is 0. The monoisotopic (exact) mass is 371 g/mol. The van der Waals surface area contributed by atoms with E-state index < -0.39 is 11.7 Å². The van der Waals surface area contributed by atoms with E-state index in [1.807, 2.05) is 86.3 Å². The zero-order valence-electron chi connectivity index (χ0n) is 16.3. The molecule has 0 bridgehead atoms. The Morgan fingerprint density at radius 1 is 1.04 bits per heavy atom. The minimum absolute atomic E-state index is 0.106. The van der Waals surface area contributed by atoms with E-state index in [0.29, 0.717) is 18.8 Å². The third-order valence-electron chi connectivity index (χ3n) is 3.68. The van der Waals surface area contributed by atoms with Crippen LogP contribution >= 0.6 is 0 Å². The molecule has 2 aromatic rings. The van der Waals surface area contributed by atoms with Crippen molar-refractivity contribution in [2.24, 2.45) is 0 Å². The molecule has 5 nitrogen and oxygen atoms in total. The highest BCUT2D eigenvalue weighted by Gasteiger charge is 2.21. The Morgan fingerprint density at radius 2 is 1.63 bits per heavy atom. The molecule has 0 fully saturated rings. The lowest BCUT2D eigenvalue weighted by atomic mass is 10.2. The lowest BCUT2D eigenvalue weighted by Crippen LogP contribution is -2.40. The number of carbonyl (C=O) groups is 1. The molecule has 0 heterocycles. The summed E-state index contributed by atoms with van der Waals surface area (Å²) in [6.07, 6.45) is -0.726. The van der Waals surface area contributed by atoms with E-state index >= 15 is 0 Å². The van der Waals surface area contributed by atoms with Gasteiger partial charge < -0.3 is 14.6 Å². The molecule has 0 radical (unpaired) electrons. The van der Waals surface area contributed by atoms with Gasteiger partial charge in [0, 0.05) is 13.1 Å². The second-order valence-electron chi connectivity index (χ2n) is 7.52. The van der Waals surface area contributed by atoms with Crippen molar-refractivity contribution in [2.75, 3.05) is 19.7 Å². The van der Waals surface area contributed by atoms with Crippen LogP contribution in [0.2, 0.25) is 0 Å². The fourth-order valence-corrected chi connectivity index (χ4v) is 2.64. The summed E-state index contributed by atoms with van der Waals surface area (Å²) in [6, 6.07) is 19.2. The minimum atomic E-state index is -0.726. The maximum atomic E-state index is 12.2. The first kappa shape index (κ1) is 20.9. The van der Waals surface area contributed by atoms with Crippen molar-refractivity contribution >= 4 is 5.97 Å². The highest BCUT2D eigenvalue weighted by atomic mass is 16.6. The van der Waals surface area contributed by atoms with Crippen LogP contribution in [0.4, 0.5) is 0 Å². The minimum Gasteiger partial charge on any atom is -0.491 e. The third-order valence-corrected chi connectivity index (χ3v) is 3.68. The van der Waals surface area contributed by atoms with Gasteiger partial charge in [0.25, 0.3) is 0 Å². The number of para-hydroxylation sites is 1. The van der Waals surface area contributed by atoms with Gasteiger partial charge >= 0.3 is 5.97 Å². The van der Waals surface area contributed by atoms with Crippen molar-refractivity contribution in [3.05, 3.63) is 66.2 Å². The van der Waals surface area contributed by atoms with Gasteiger partial charge in [-0.3, -0.25) is 9.69 Å². The summed E-state index contributed by atoms with van der Waals surface area (Å²) in [5, 5.41) is 10.4. The predicted octanol–water partition coefficient (Wildman–Crippen LogP) is 3.27. The Labute approximate surface area is 161 Å². The Kier molecular flexibility index (Phi) is 7.82. The Balaban J connectivity index is 1.94. The molecular formula is C22H29NO4. The molecule has 146 valence electrons. The standard InChI is InChI=1S/C22H29NO4/c1-22(2,3)27-21(25)16-23(14-18-10-6-4-7-11-18)15-19(24)17-26-20-12-8-5-9-13-20/h4-13,19,24H,14-17H2,1-3H3. The SMILES string of the molecule is CC(C)(C)OC(=O)CN(Cc1ccccc1)CC(O)COc1ccccc1. The van der Waals surface area contributed by atoms with E-state index in [1.54, 1.807) is 0 Å². The number of benzene rings is 2. The van der Waals surface area contributed by atoms with Crippen LogP contribution in [0.25, 0.3) is 0 Å². The van der Waals surface area contributed by atoms with E-state index in [0.717, 1.165) is 5.56 Å². The lowest BCUT2D eigenvalue weighted by molar-refractivity contribution is -0.156. The van der Waals surface area contributed by atoms with Crippen molar-refractivity contribution in [2.45, 2.75) is 39.0 Å². The van der Waals surface area contributed by atoms with Gasteiger partial charge in [-0.1, -0.05) is 48.5 Å². The highest BCUT2D eigenvalue weighted by molar-refractivity contribution is 5.72. The van der Waals surface area contributed by atoms with Gasteiger partial charge in [-0.05, 0) is 38.5 Å². The number of aliphatic hydroxyl groups excluding tert-OH is 1. The molecule has 0 aliphatic carbocycles. The zero-order chi connectivity index (χ0) is 19.7. The van der Waals surface area contributed by atoms with E-state index in [2.05, 4.69) is 0 Å². The molecule has 0 saturated heterocycles. The number of aliphatic hydroxyl groups is 1. The van der Waals surface area contributed by atoms with E-state index in [1.165, 1.54) is 0 Å². The molecule has 0 spiro atoms. The number of esters is 1. The summed E-state index contributed by atoms with van der Waals surface area (Å²) in [5.41, 5.74) is 0.530. The number of ether oxygens (including phenoxy) is 2. The quantitative estimate of drug-likeness (QED) is 0.686. The predicted molar refractivity (Wildman–Crippen MR) is 106 cm³/mol. The average Bonchev–Trinajstić information content (AvgIpc) is 2.60. The summed E-state index contributed by atoms with van der Waals surface area (Å²) < 4.78 is 11.0. The first-order valence-corrected chi connectivity index (χ1v) is 9.16. The second kappa shape index (κ2) is 10.1. The Morgan fingerprint density at radius 3 is 2.22 bits per heavy atom. The first-order chi connectivity index (χ1) is 12.8.